The van der Waals surface area contributed by atoms with Crippen LogP contribution in [0.5, 0.6) is 0 Å². The van der Waals surface area contributed by atoms with E-state index in [0.717, 1.165) is 0 Å². The molecule has 9 nitrogen and oxygen atoms in total. The first-order chi connectivity index (χ1) is 12.3. The van der Waals surface area contributed by atoms with Gasteiger partial charge in [-0.3, -0.25) is 14.4 Å². The number of aliphatic carboxylic acids is 1. The highest BCUT2D eigenvalue weighted by Gasteiger charge is 2.35. The molecule has 1 saturated heterocycles. The first-order valence-corrected chi connectivity index (χ1v) is 8.21. The molecule has 140 valence electrons. The van der Waals surface area contributed by atoms with Gasteiger partial charge in [0.15, 0.2) is 0 Å². The van der Waals surface area contributed by atoms with Crippen molar-refractivity contribution in [1.29, 1.82) is 0 Å². The summed E-state index contributed by atoms with van der Waals surface area (Å²) >= 11 is 0. The number of hydrogen-bond donors (Lipinski definition) is 4. The molecule has 0 spiro atoms. The monoisotopic (exact) mass is 362 g/mol. The van der Waals surface area contributed by atoms with Crippen LogP contribution >= 0.6 is 0 Å². The number of nitrogens with zero attached hydrogens (tertiary/aromatic N) is 1. The molecule has 0 saturated carbocycles. The molecule has 0 radical (unpaired) electrons. The second-order valence-electron chi connectivity index (χ2n) is 6.17. The second kappa shape index (κ2) is 8.32. The minimum atomic E-state index is -0.998. The van der Waals surface area contributed by atoms with Crippen LogP contribution in [0.3, 0.4) is 0 Å². The molecule has 1 aromatic carbocycles. The minimum Gasteiger partial charge on any atom is -0.481 e. The van der Waals surface area contributed by atoms with Crippen LogP contribution in [0.25, 0.3) is 0 Å². The Morgan fingerprint density at radius 3 is 2.73 bits per heavy atom. The summed E-state index contributed by atoms with van der Waals surface area (Å²) < 4.78 is 0. The van der Waals surface area contributed by atoms with Crippen molar-refractivity contribution in [2.24, 2.45) is 5.92 Å². The first-order valence-electron chi connectivity index (χ1n) is 8.21. The maximum Gasteiger partial charge on any atom is 0.318 e. The topological polar surface area (TPSA) is 128 Å². The predicted octanol–water partition coefficient (Wildman–Crippen LogP) is 0.770. The third-order valence-corrected chi connectivity index (χ3v) is 4.01. The van der Waals surface area contributed by atoms with Gasteiger partial charge in [0.25, 0.3) is 0 Å². The van der Waals surface area contributed by atoms with Gasteiger partial charge in [-0.2, -0.15) is 0 Å². The smallest absolute Gasteiger partial charge is 0.318 e. The Morgan fingerprint density at radius 2 is 2.08 bits per heavy atom. The lowest BCUT2D eigenvalue weighted by molar-refractivity contribution is -0.137. The molecule has 2 atom stereocenters. The molecule has 0 aliphatic carbocycles. The highest BCUT2D eigenvalue weighted by molar-refractivity contribution is 6.01. The highest BCUT2D eigenvalue weighted by Crippen LogP contribution is 2.27. The summed E-state index contributed by atoms with van der Waals surface area (Å²) in [5, 5.41) is 16.4. The molecule has 0 aromatic heterocycles. The van der Waals surface area contributed by atoms with Gasteiger partial charge in [0.05, 0.1) is 12.3 Å². The molecule has 1 fully saturated rings. The zero-order valence-electron chi connectivity index (χ0n) is 14.6. The van der Waals surface area contributed by atoms with Gasteiger partial charge in [0.1, 0.15) is 0 Å². The third-order valence-electron chi connectivity index (χ3n) is 4.01. The summed E-state index contributed by atoms with van der Waals surface area (Å²) in [4.78, 5) is 48.1. The van der Waals surface area contributed by atoms with E-state index < -0.39 is 17.9 Å². The quantitative estimate of drug-likeness (QED) is 0.594. The normalized spacial score (nSPS) is 17.5. The number of hydrogen-bond acceptors (Lipinski definition) is 4. The van der Waals surface area contributed by atoms with Gasteiger partial charge < -0.3 is 26.0 Å². The number of carbonyl (C=O) groups excluding carboxylic acids is 3. The van der Waals surface area contributed by atoms with Crippen LogP contribution in [-0.2, 0) is 14.4 Å². The van der Waals surface area contributed by atoms with E-state index in [0.29, 0.717) is 11.4 Å². The lowest BCUT2D eigenvalue weighted by atomic mass is 10.1. The molecule has 26 heavy (non-hydrogen) atoms. The van der Waals surface area contributed by atoms with Crippen molar-refractivity contribution in [2.45, 2.75) is 25.8 Å². The van der Waals surface area contributed by atoms with E-state index in [4.69, 9.17) is 5.11 Å². The Bertz CT molecular complexity index is 721. The average molecular weight is 362 g/mol. The lowest BCUT2D eigenvalue weighted by Crippen LogP contribution is -2.39. The van der Waals surface area contributed by atoms with Crippen LogP contribution in [-0.4, -0.2) is 48.6 Å². The Labute approximate surface area is 150 Å². The average Bonchev–Trinajstić information content (AvgIpc) is 2.96. The summed E-state index contributed by atoms with van der Waals surface area (Å²) in [6.45, 7) is 1.81. The Morgan fingerprint density at radius 1 is 1.35 bits per heavy atom. The van der Waals surface area contributed by atoms with Crippen molar-refractivity contribution in [3.63, 3.8) is 0 Å². The minimum absolute atomic E-state index is 0.0543. The molecule has 9 heteroatoms. The van der Waals surface area contributed by atoms with Crippen LogP contribution in [0.15, 0.2) is 24.3 Å². The zero-order valence-corrected chi connectivity index (χ0v) is 14.6. The number of anilines is 2. The van der Waals surface area contributed by atoms with E-state index in [2.05, 4.69) is 16.0 Å². The fourth-order valence-corrected chi connectivity index (χ4v) is 2.75. The Balaban J connectivity index is 2.03. The van der Waals surface area contributed by atoms with Crippen LogP contribution in [0.1, 0.15) is 19.8 Å². The van der Waals surface area contributed by atoms with Crippen molar-refractivity contribution in [2.75, 3.05) is 23.8 Å². The maximum atomic E-state index is 12.3. The van der Waals surface area contributed by atoms with Crippen LogP contribution in [0.4, 0.5) is 16.2 Å². The van der Waals surface area contributed by atoms with Crippen molar-refractivity contribution in [1.82, 2.24) is 10.6 Å². The van der Waals surface area contributed by atoms with Gasteiger partial charge in [-0.1, -0.05) is 6.07 Å². The highest BCUT2D eigenvalue weighted by atomic mass is 16.4. The molecule has 2 unspecified atom stereocenters. The van der Waals surface area contributed by atoms with Crippen molar-refractivity contribution >= 4 is 35.2 Å². The summed E-state index contributed by atoms with van der Waals surface area (Å²) in [6.07, 6.45) is -0.123. The Kier molecular flexibility index (Phi) is 6.16. The van der Waals surface area contributed by atoms with Crippen molar-refractivity contribution in [3.8, 4) is 0 Å². The van der Waals surface area contributed by atoms with Gasteiger partial charge in [-0.05, 0) is 25.1 Å². The van der Waals surface area contributed by atoms with Crippen molar-refractivity contribution in [3.05, 3.63) is 24.3 Å². The van der Waals surface area contributed by atoms with E-state index in [-0.39, 0.29) is 37.2 Å². The molecular formula is C17H22N4O5. The standard InChI is InChI=1S/C17H22N4O5/c1-10(6-15(23)24)19-16(25)11-7-14(22)21(9-11)13-5-3-4-12(8-13)20-17(26)18-2/h3-5,8,10-11H,6-7,9H2,1-2H3,(H,19,25)(H,23,24)(H2,18,20,26). The molecule has 4 amide bonds. The summed E-state index contributed by atoms with van der Waals surface area (Å²) in [5.41, 5.74) is 1.11. The molecule has 4 N–H and O–H groups in total. The zero-order chi connectivity index (χ0) is 19.3. The molecule has 1 aliphatic heterocycles. The van der Waals surface area contributed by atoms with Gasteiger partial charge >= 0.3 is 12.0 Å². The van der Waals surface area contributed by atoms with Gasteiger partial charge in [-0.15, -0.1) is 0 Å². The fourth-order valence-electron chi connectivity index (χ4n) is 2.75. The van der Waals surface area contributed by atoms with Gasteiger partial charge in [-0.25, -0.2) is 4.79 Å². The first kappa shape index (κ1) is 19.2. The Hall–Kier alpha value is -3.10. The van der Waals surface area contributed by atoms with Crippen LogP contribution in [0, 0.1) is 5.92 Å². The molecule has 2 rings (SSSR count). The van der Waals surface area contributed by atoms with E-state index in [1.165, 1.54) is 11.9 Å². The molecule has 1 aromatic rings. The number of carboxylic acids is 1. The lowest BCUT2D eigenvalue weighted by Gasteiger charge is -2.18. The second-order valence-corrected chi connectivity index (χ2v) is 6.17. The number of rotatable bonds is 6. The van der Waals surface area contributed by atoms with E-state index in [9.17, 15) is 19.2 Å². The fraction of sp³-hybridized carbons (Fsp3) is 0.412. The molecule has 1 heterocycles. The number of benzene rings is 1. The van der Waals surface area contributed by atoms with E-state index in [1.54, 1.807) is 31.2 Å². The summed E-state index contributed by atoms with van der Waals surface area (Å²) in [7, 11) is 1.50. The van der Waals surface area contributed by atoms with E-state index >= 15 is 0 Å². The number of urea groups is 1. The van der Waals surface area contributed by atoms with Crippen LogP contribution in [0.2, 0.25) is 0 Å². The number of carbonyl (C=O) groups is 4. The van der Waals surface area contributed by atoms with Gasteiger partial charge in [0, 0.05) is 37.4 Å². The number of nitrogens with one attached hydrogen (secondary N) is 3. The number of carboxylic acid groups (broad SMARTS) is 1. The predicted molar refractivity (Wildman–Crippen MR) is 94.8 cm³/mol. The van der Waals surface area contributed by atoms with Crippen LogP contribution < -0.4 is 20.9 Å². The molecular weight excluding hydrogens is 340 g/mol. The largest absolute Gasteiger partial charge is 0.481 e. The summed E-state index contributed by atoms with van der Waals surface area (Å²) in [6, 6.07) is 5.89. The summed E-state index contributed by atoms with van der Waals surface area (Å²) in [5.74, 6) is -2.08. The number of amides is 4. The van der Waals surface area contributed by atoms with Gasteiger partial charge in [0.2, 0.25) is 11.8 Å². The van der Waals surface area contributed by atoms with E-state index in [1.807, 2.05) is 0 Å². The van der Waals surface area contributed by atoms with Crippen molar-refractivity contribution < 1.29 is 24.3 Å². The SMILES string of the molecule is CNC(=O)Nc1cccc(N2CC(C(=O)NC(C)CC(=O)O)CC2=O)c1. The maximum absolute atomic E-state index is 12.3. The third kappa shape index (κ3) is 4.95. The molecule has 1 aliphatic rings. The molecule has 0 bridgehead atoms.